The number of carbonyl (C=O) groups is 1. The Morgan fingerprint density at radius 1 is 1.26 bits per heavy atom. The molecule has 2 aliphatic carbocycles. The second kappa shape index (κ2) is 7.09. The molecule has 0 aromatic heterocycles. The zero-order chi connectivity index (χ0) is 19.2. The van der Waals surface area contributed by atoms with Gasteiger partial charge in [0.25, 0.3) is 0 Å². The van der Waals surface area contributed by atoms with E-state index in [0.717, 1.165) is 49.0 Å². The average Bonchev–Trinajstić information content (AvgIpc) is 3.38. The third-order valence-electron chi connectivity index (χ3n) is 5.93. The number of hydrogen-bond donors (Lipinski definition) is 0. The molecule has 0 saturated heterocycles. The van der Waals surface area contributed by atoms with Crippen molar-refractivity contribution in [2.45, 2.75) is 64.2 Å². The molecule has 0 bridgehead atoms. The number of nitrogens with zero attached hydrogens (tertiary/aromatic N) is 2. The van der Waals surface area contributed by atoms with Crippen LogP contribution in [0.3, 0.4) is 0 Å². The fourth-order valence-electron chi connectivity index (χ4n) is 3.88. The minimum absolute atomic E-state index is 0.0351. The highest BCUT2D eigenvalue weighted by molar-refractivity contribution is 7.88. The molecule has 148 valence electrons. The molecule has 4 rings (SSSR count). The Morgan fingerprint density at radius 3 is 2.59 bits per heavy atom. The zero-order valence-corrected chi connectivity index (χ0v) is 16.9. The summed E-state index contributed by atoms with van der Waals surface area (Å²) in [5.41, 5.74) is 1.91. The molecular weight excluding hydrogens is 364 g/mol. The van der Waals surface area contributed by atoms with Crippen LogP contribution < -0.4 is 4.74 Å². The van der Waals surface area contributed by atoms with E-state index in [0.29, 0.717) is 19.7 Å². The highest BCUT2D eigenvalue weighted by Gasteiger charge is 2.36. The molecule has 3 aliphatic rings. The first-order chi connectivity index (χ1) is 12.8. The summed E-state index contributed by atoms with van der Waals surface area (Å²) in [4.78, 5) is 14.8. The number of amides is 1. The Morgan fingerprint density at radius 2 is 2.00 bits per heavy atom. The first-order valence-electron chi connectivity index (χ1n) is 9.85. The SMILES string of the molecule is CC1COc2ccc(CN(C3CC3)S(C)(=O)=O)cc2CN1C(=O)C1CCC1. The Hall–Kier alpha value is -1.60. The maximum Gasteiger partial charge on any atom is 0.226 e. The maximum atomic E-state index is 12.8. The number of benzene rings is 1. The third-order valence-corrected chi connectivity index (χ3v) is 7.21. The summed E-state index contributed by atoms with van der Waals surface area (Å²) in [5.74, 6) is 1.19. The van der Waals surface area contributed by atoms with Crippen LogP contribution in [0.2, 0.25) is 0 Å². The Kier molecular flexibility index (Phi) is 4.93. The second-order valence-corrected chi connectivity index (χ2v) is 10.2. The number of hydrogen-bond acceptors (Lipinski definition) is 4. The zero-order valence-electron chi connectivity index (χ0n) is 16.1. The van der Waals surface area contributed by atoms with Gasteiger partial charge in [0, 0.05) is 30.6 Å². The lowest BCUT2D eigenvalue weighted by atomic mass is 9.84. The lowest BCUT2D eigenvalue weighted by molar-refractivity contribution is -0.141. The van der Waals surface area contributed by atoms with Crippen LogP contribution in [0.1, 0.15) is 50.2 Å². The van der Waals surface area contributed by atoms with Gasteiger partial charge in [0.2, 0.25) is 15.9 Å². The number of rotatable bonds is 5. The molecule has 1 aromatic carbocycles. The first-order valence-corrected chi connectivity index (χ1v) is 11.7. The van der Waals surface area contributed by atoms with Crippen LogP contribution in [0, 0.1) is 5.92 Å². The molecule has 1 aromatic rings. The van der Waals surface area contributed by atoms with E-state index in [4.69, 9.17) is 4.74 Å². The van der Waals surface area contributed by atoms with Crippen LogP contribution in [0.4, 0.5) is 0 Å². The Bertz CT molecular complexity index is 830. The van der Waals surface area contributed by atoms with Crippen LogP contribution in [0.15, 0.2) is 18.2 Å². The van der Waals surface area contributed by atoms with Crippen LogP contribution in [-0.2, 0) is 27.9 Å². The topological polar surface area (TPSA) is 66.9 Å². The van der Waals surface area contributed by atoms with Gasteiger partial charge in [-0.1, -0.05) is 12.5 Å². The number of fused-ring (bicyclic) bond motifs is 1. The first kappa shape index (κ1) is 18.7. The molecule has 2 saturated carbocycles. The van der Waals surface area contributed by atoms with Crippen molar-refractivity contribution >= 4 is 15.9 Å². The molecule has 0 N–H and O–H groups in total. The highest BCUT2D eigenvalue weighted by Crippen LogP contribution is 2.34. The molecule has 7 heteroatoms. The smallest absolute Gasteiger partial charge is 0.226 e. The number of ether oxygens (including phenoxy) is 1. The number of carbonyl (C=O) groups excluding carboxylic acids is 1. The molecule has 0 spiro atoms. The van der Waals surface area contributed by atoms with Crippen molar-refractivity contribution in [3.8, 4) is 5.75 Å². The molecule has 1 heterocycles. The Labute approximate surface area is 161 Å². The summed E-state index contributed by atoms with van der Waals surface area (Å²) < 4.78 is 31.7. The maximum absolute atomic E-state index is 12.8. The van der Waals surface area contributed by atoms with Gasteiger partial charge in [0.05, 0.1) is 12.3 Å². The molecule has 1 amide bonds. The van der Waals surface area contributed by atoms with E-state index in [9.17, 15) is 13.2 Å². The molecule has 6 nitrogen and oxygen atoms in total. The average molecular weight is 393 g/mol. The van der Waals surface area contributed by atoms with Gasteiger partial charge in [0.1, 0.15) is 12.4 Å². The van der Waals surface area contributed by atoms with Crippen molar-refractivity contribution in [3.63, 3.8) is 0 Å². The van der Waals surface area contributed by atoms with Gasteiger partial charge in [-0.05, 0) is 50.3 Å². The molecule has 1 aliphatic heterocycles. The molecule has 1 unspecified atom stereocenters. The standard InChI is InChI=1S/C20H28N2O4S/c1-14-13-26-19-9-6-15(11-22(18-7-8-18)27(2,24)25)10-17(19)12-21(14)20(23)16-4-3-5-16/h6,9-10,14,16,18H,3-5,7-8,11-13H2,1-2H3. The third kappa shape index (κ3) is 3.99. The van der Waals surface area contributed by atoms with Crippen molar-refractivity contribution in [1.82, 2.24) is 9.21 Å². The molecule has 27 heavy (non-hydrogen) atoms. The summed E-state index contributed by atoms with van der Waals surface area (Å²) in [5, 5.41) is 0. The summed E-state index contributed by atoms with van der Waals surface area (Å²) >= 11 is 0. The van der Waals surface area contributed by atoms with Crippen LogP contribution in [0.25, 0.3) is 0 Å². The lowest BCUT2D eigenvalue weighted by Gasteiger charge is -2.34. The van der Waals surface area contributed by atoms with Crippen molar-refractivity contribution in [3.05, 3.63) is 29.3 Å². The minimum Gasteiger partial charge on any atom is -0.491 e. The summed E-state index contributed by atoms with van der Waals surface area (Å²) in [6.07, 6.45) is 6.25. The number of sulfonamides is 1. The molecule has 0 radical (unpaired) electrons. The summed E-state index contributed by atoms with van der Waals surface area (Å²) in [7, 11) is -3.23. The molecule has 2 fully saturated rings. The van der Waals surface area contributed by atoms with E-state index in [-0.39, 0.29) is 23.9 Å². The van der Waals surface area contributed by atoms with Gasteiger partial charge in [-0.15, -0.1) is 0 Å². The fourth-order valence-corrected chi connectivity index (χ4v) is 5.02. The van der Waals surface area contributed by atoms with Crippen molar-refractivity contribution in [2.75, 3.05) is 12.9 Å². The largest absolute Gasteiger partial charge is 0.491 e. The molecule has 1 atom stereocenters. The summed E-state index contributed by atoms with van der Waals surface area (Å²) in [6.45, 7) is 3.43. The van der Waals surface area contributed by atoms with Crippen LogP contribution in [-0.4, -0.2) is 48.5 Å². The van der Waals surface area contributed by atoms with E-state index >= 15 is 0 Å². The van der Waals surface area contributed by atoms with Gasteiger partial charge in [-0.2, -0.15) is 4.31 Å². The predicted molar refractivity (Wildman–Crippen MR) is 103 cm³/mol. The van der Waals surface area contributed by atoms with Gasteiger partial charge in [0.15, 0.2) is 0 Å². The minimum atomic E-state index is -3.23. The van der Waals surface area contributed by atoms with E-state index < -0.39 is 10.0 Å². The van der Waals surface area contributed by atoms with Crippen molar-refractivity contribution in [1.29, 1.82) is 0 Å². The van der Waals surface area contributed by atoms with Crippen molar-refractivity contribution < 1.29 is 17.9 Å². The normalized spacial score (nSPS) is 23.4. The monoisotopic (exact) mass is 392 g/mol. The predicted octanol–water partition coefficient (Wildman–Crippen LogP) is 2.52. The van der Waals surface area contributed by atoms with E-state index in [1.54, 1.807) is 4.31 Å². The second-order valence-electron chi connectivity index (χ2n) is 8.24. The van der Waals surface area contributed by atoms with Gasteiger partial charge in [-0.3, -0.25) is 4.79 Å². The summed E-state index contributed by atoms with van der Waals surface area (Å²) in [6, 6.07) is 6.03. The fraction of sp³-hybridized carbons (Fsp3) is 0.650. The Balaban J connectivity index is 1.56. The van der Waals surface area contributed by atoms with E-state index in [1.807, 2.05) is 30.0 Å². The van der Waals surface area contributed by atoms with E-state index in [1.165, 1.54) is 6.26 Å². The van der Waals surface area contributed by atoms with Crippen LogP contribution in [0.5, 0.6) is 5.75 Å². The van der Waals surface area contributed by atoms with Crippen molar-refractivity contribution in [2.24, 2.45) is 5.92 Å². The molecular formula is C20H28N2O4S. The van der Waals surface area contributed by atoms with Gasteiger partial charge >= 0.3 is 0 Å². The van der Waals surface area contributed by atoms with Gasteiger partial charge in [-0.25, -0.2) is 8.42 Å². The highest BCUT2D eigenvalue weighted by atomic mass is 32.2. The quantitative estimate of drug-likeness (QED) is 0.772. The van der Waals surface area contributed by atoms with E-state index in [2.05, 4.69) is 0 Å². The van der Waals surface area contributed by atoms with Gasteiger partial charge < -0.3 is 9.64 Å². The lowest BCUT2D eigenvalue weighted by Crippen LogP contribution is -2.44. The van der Waals surface area contributed by atoms with Crippen LogP contribution >= 0.6 is 0 Å².